The number of nitrogens with zero attached hydrogens (tertiary/aromatic N) is 3. The number of benzene rings is 2. The Bertz CT molecular complexity index is 1620. The Kier molecular flexibility index (Phi) is 6.98. The molecule has 198 valence electrons. The third-order valence-corrected chi connectivity index (χ3v) is 8.73. The zero-order chi connectivity index (χ0) is 27.1. The number of halogens is 2. The fourth-order valence-electron chi connectivity index (χ4n) is 4.23. The van der Waals surface area contributed by atoms with E-state index < -0.39 is 17.7 Å². The molecule has 1 N–H and O–H groups in total. The molecule has 2 aromatic carbocycles. The fraction of sp³-hybridized carbons (Fsp3) is 0.154. The number of aromatic nitrogens is 2. The number of rotatable bonds is 6. The summed E-state index contributed by atoms with van der Waals surface area (Å²) < 4.78 is 17.3. The summed E-state index contributed by atoms with van der Waals surface area (Å²) in [6, 6.07) is 12.3. The molecular formula is C26H17Cl2N3O6S2. The van der Waals surface area contributed by atoms with Crippen LogP contribution in [0.5, 0.6) is 11.5 Å². The van der Waals surface area contributed by atoms with Crippen LogP contribution < -0.4 is 14.4 Å². The van der Waals surface area contributed by atoms with Crippen molar-refractivity contribution in [3.8, 4) is 11.5 Å². The van der Waals surface area contributed by atoms with Gasteiger partial charge >= 0.3 is 5.91 Å². The average Bonchev–Trinajstić information content (AvgIpc) is 3.68. The van der Waals surface area contributed by atoms with E-state index in [1.54, 1.807) is 42.5 Å². The molecule has 1 fully saturated rings. The number of carbonyl (C=O) groups excluding carboxylic acids is 2. The molecule has 2 aromatic heterocycles. The molecule has 4 heterocycles. The number of fused-ring (bicyclic) bond motifs is 1. The summed E-state index contributed by atoms with van der Waals surface area (Å²) in [7, 11) is 0. The van der Waals surface area contributed by atoms with E-state index in [4.69, 9.17) is 37.1 Å². The van der Waals surface area contributed by atoms with E-state index in [0.717, 1.165) is 16.9 Å². The molecule has 0 aliphatic carbocycles. The van der Waals surface area contributed by atoms with E-state index in [-0.39, 0.29) is 22.2 Å². The lowest BCUT2D eigenvalue weighted by atomic mass is 9.99. The number of furan rings is 1. The molecule has 2 aliphatic heterocycles. The molecule has 1 atom stereocenters. The van der Waals surface area contributed by atoms with Gasteiger partial charge in [0.2, 0.25) is 5.13 Å². The van der Waals surface area contributed by atoms with Gasteiger partial charge in [-0.2, -0.15) is 0 Å². The second kappa shape index (κ2) is 10.6. The Balaban J connectivity index is 1.34. The zero-order valence-corrected chi connectivity index (χ0v) is 22.9. The monoisotopic (exact) mass is 601 g/mol. The number of carbonyl (C=O) groups is 2. The molecule has 2 aliphatic rings. The first-order valence-electron chi connectivity index (χ1n) is 11.6. The number of amides is 1. The lowest BCUT2D eigenvalue weighted by molar-refractivity contribution is -0.132. The van der Waals surface area contributed by atoms with E-state index in [1.165, 1.54) is 22.9 Å². The predicted molar refractivity (Wildman–Crippen MR) is 147 cm³/mol. The smallest absolute Gasteiger partial charge is 0.302 e. The molecule has 1 amide bonds. The van der Waals surface area contributed by atoms with Crippen LogP contribution in [0.4, 0.5) is 5.13 Å². The number of ether oxygens (including phenoxy) is 2. The highest BCUT2D eigenvalue weighted by Crippen LogP contribution is 2.45. The van der Waals surface area contributed by atoms with Crippen molar-refractivity contribution >= 4 is 68.9 Å². The predicted octanol–water partition coefficient (Wildman–Crippen LogP) is 6.13. The quantitative estimate of drug-likeness (QED) is 0.0916. The van der Waals surface area contributed by atoms with Gasteiger partial charge in [0.25, 0.3) is 5.78 Å². The standard InChI is InChI=1S/C26H17Cl2N3O6S2/c27-15-5-3-14(16(28)11-15)12-38-26-30-29-25(39-26)31-21(18-2-1-7-35-18)20(23(33)24(31)34)22(32)13-4-6-17-19(10-13)37-9-8-36-17/h1-7,10-11,21,32H,8-9,12H2/b22-20+. The summed E-state index contributed by atoms with van der Waals surface area (Å²) in [5.74, 6) is -0.364. The number of aliphatic hydroxyl groups excluding tert-OH is 1. The highest BCUT2D eigenvalue weighted by Gasteiger charge is 2.49. The van der Waals surface area contributed by atoms with Crippen LogP contribution in [-0.2, 0) is 15.3 Å². The Labute approximate surface area is 239 Å². The van der Waals surface area contributed by atoms with Gasteiger partial charge in [0, 0.05) is 21.4 Å². The van der Waals surface area contributed by atoms with E-state index in [0.29, 0.717) is 50.4 Å². The van der Waals surface area contributed by atoms with Gasteiger partial charge in [0.15, 0.2) is 15.8 Å². The lowest BCUT2D eigenvalue weighted by Gasteiger charge is -2.21. The second-order valence-electron chi connectivity index (χ2n) is 8.42. The Morgan fingerprint density at radius 3 is 2.67 bits per heavy atom. The van der Waals surface area contributed by atoms with Crippen molar-refractivity contribution < 1.29 is 28.6 Å². The number of anilines is 1. The van der Waals surface area contributed by atoms with Crippen LogP contribution in [0.1, 0.15) is 22.9 Å². The summed E-state index contributed by atoms with van der Waals surface area (Å²) in [6.45, 7) is 0.770. The number of Topliss-reactive ketones (excluding diaryl/α,β-unsaturated/α-hetero) is 1. The summed E-state index contributed by atoms with van der Waals surface area (Å²) in [6.07, 6.45) is 1.43. The number of hydrogen-bond acceptors (Lipinski definition) is 10. The van der Waals surface area contributed by atoms with Crippen LogP contribution >= 0.6 is 46.3 Å². The molecule has 4 aromatic rings. The van der Waals surface area contributed by atoms with Crippen molar-refractivity contribution in [2.45, 2.75) is 16.1 Å². The van der Waals surface area contributed by atoms with Crippen LogP contribution in [0.25, 0.3) is 5.76 Å². The first-order chi connectivity index (χ1) is 18.9. The van der Waals surface area contributed by atoms with Gasteiger partial charge in [-0.25, -0.2) is 0 Å². The van der Waals surface area contributed by atoms with Crippen LogP contribution in [0.3, 0.4) is 0 Å². The molecule has 6 rings (SSSR count). The minimum absolute atomic E-state index is 0.135. The maximum Gasteiger partial charge on any atom is 0.302 e. The molecule has 0 spiro atoms. The van der Waals surface area contributed by atoms with Crippen molar-refractivity contribution in [1.82, 2.24) is 10.2 Å². The first kappa shape index (κ1) is 25.8. The number of ketones is 1. The number of hydrogen-bond donors (Lipinski definition) is 1. The summed E-state index contributed by atoms with van der Waals surface area (Å²) in [5.41, 5.74) is 1.02. The maximum atomic E-state index is 13.3. The van der Waals surface area contributed by atoms with Gasteiger partial charge in [-0.3, -0.25) is 14.5 Å². The highest BCUT2D eigenvalue weighted by molar-refractivity contribution is 8.00. The second-order valence-corrected chi connectivity index (χ2v) is 11.4. The molecule has 0 radical (unpaired) electrons. The van der Waals surface area contributed by atoms with Crippen LogP contribution in [0, 0.1) is 0 Å². The van der Waals surface area contributed by atoms with Gasteiger partial charge in [-0.05, 0) is 48.0 Å². The van der Waals surface area contributed by atoms with Crippen LogP contribution in [0.2, 0.25) is 10.0 Å². The van der Waals surface area contributed by atoms with Crippen molar-refractivity contribution in [2.75, 3.05) is 18.1 Å². The topological polar surface area (TPSA) is 115 Å². The minimum Gasteiger partial charge on any atom is -0.507 e. The van der Waals surface area contributed by atoms with Gasteiger partial charge in [-0.1, -0.05) is 52.4 Å². The first-order valence-corrected chi connectivity index (χ1v) is 14.1. The summed E-state index contributed by atoms with van der Waals surface area (Å²) in [5, 5.41) is 20.9. The number of aliphatic hydroxyl groups is 1. The van der Waals surface area contributed by atoms with Gasteiger partial charge in [0.1, 0.15) is 30.8 Å². The molecular weight excluding hydrogens is 585 g/mol. The van der Waals surface area contributed by atoms with Gasteiger partial charge in [-0.15, -0.1) is 10.2 Å². The van der Waals surface area contributed by atoms with Crippen molar-refractivity contribution in [1.29, 1.82) is 0 Å². The van der Waals surface area contributed by atoms with E-state index >= 15 is 0 Å². The van der Waals surface area contributed by atoms with Gasteiger partial charge in [0.05, 0.1) is 11.8 Å². The normalized spacial score (nSPS) is 18.1. The number of thioether (sulfide) groups is 1. The Hall–Kier alpha value is -3.51. The minimum atomic E-state index is -1.05. The van der Waals surface area contributed by atoms with E-state index in [2.05, 4.69) is 10.2 Å². The van der Waals surface area contributed by atoms with Crippen molar-refractivity contribution in [3.05, 3.63) is 87.3 Å². The summed E-state index contributed by atoms with van der Waals surface area (Å²) >= 11 is 14.8. The Morgan fingerprint density at radius 2 is 1.90 bits per heavy atom. The molecule has 13 heteroatoms. The van der Waals surface area contributed by atoms with Crippen molar-refractivity contribution in [2.24, 2.45) is 0 Å². The van der Waals surface area contributed by atoms with E-state index in [1.807, 2.05) is 6.07 Å². The van der Waals surface area contributed by atoms with Crippen molar-refractivity contribution in [3.63, 3.8) is 0 Å². The molecule has 1 saturated heterocycles. The summed E-state index contributed by atoms with van der Waals surface area (Å²) in [4.78, 5) is 27.8. The molecule has 9 nitrogen and oxygen atoms in total. The Morgan fingerprint density at radius 1 is 1.08 bits per heavy atom. The SMILES string of the molecule is O=C1C(=O)N(c2nnc(SCc3ccc(Cl)cc3Cl)s2)C(c2ccco2)/C1=C(\O)c1ccc2c(c1)OCCO2. The molecule has 0 bridgehead atoms. The fourth-order valence-corrected chi connectivity index (χ4v) is 6.65. The molecule has 0 saturated carbocycles. The average molecular weight is 602 g/mol. The highest BCUT2D eigenvalue weighted by atomic mass is 35.5. The van der Waals surface area contributed by atoms with Gasteiger partial charge < -0.3 is 19.0 Å². The molecule has 1 unspecified atom stereocenters. The molecule has 39 heavy (non-hydrogen) atoms. The maximum absolute atomic E-state index is 13.3. The van der Waals surface area contributed by atoms with E-state index in [9.17, 15) is 14.7 Å². The largest absolute Gasteiger partial charge is 0.507 e. The third kappa shape index (κ3) is 4.87. The van der Waals surface area contributed by atoms with Crippen LogP contribution in [-0.4, -0.2) is 40.2 Å². The lowest BCUT2D eigenvalue weighted by Crippen LogP contribution is -2.29. The van der Waals surface area contributed by atoms with Crippen LogP contribution in [0.15, 0.2) is 69.1 Å². The zero-order valence-electron chi connectivity index (χ0n) is 19.8. The third-order valence-electron chi connectivity index (χ3n) is 6.04.